The number of rotatable bonds is 5. The van der Waals surface area contributed by atoms with Crippen LogP contribution in [0.1, 0.15) is 29.8 Å². The minimum atomic E-state index is -0.727. The second-order valence-electron chi connectivity index (χ2n) is 4.39. The third-order valence-electron chi connectivity index (χ3n) is 2.71. The van der Waals surface area contributed by atoms with Crippen molar-refractivity contribution in [1.82, 2.24) is 5.32 Å². The SMILES string of the molecule is COc1ccc(C)cc1C(=O)NC(C)C(=O)C(C)=N. The molecule has 1 atom stereocenters. The molecule has 1 rings (SSSR count). The van der Waals surface area contributed by atoms with E-state index in [2.05, 4.69) is 5.32 Å². The zero-order valence-electron chi connectivity index (χ0n) is 11.5. The highest BCUT2D eigenvalue weighted by Gasteiger charge is 2.20. The molecule has 0 spiro atoms. The summed E-state index contributed by atoms with van der Waals surface area (Å²) in [6.07, 6.45) is 0. The molecular weight excluding hydrogens is 244 g/mol. The number of carbonyl (C=O) groups excluding carboxylic acids is 2. The highest BCUT2D eigenvalue weighted by Crippen LogP contribution is 2.19. The Labute approximate surface area is 112 Å². The quantitative estimate of drug-likeness (QED) is 0.793. The Morgan fingerprint density at radius 1 is 1.37 bits per heavy atom. The summed E-state index contributed by atoms with van der Waals surface area (Å²) in [5.74, 6) is -0.336. The molecule has 19 heavy (non-hydrogen) atoms. The smallest absolute Gasteiger partial charge is 0.255 e. The van der Waals surface area contributed by atoms with E-state index in [0.717, 1.165) is 5.56 Å². The van der Waals surface area contributed by atoms with Gasteiger partial charge in [-0.15, -0.1) is 0 Å². The van der Waals surface area contributed by atoms with E-state index in [9.17, 15) is 9.59 Å². The molecular formula is C14H18N2O3. The standard InChI is InChI=1S/C14H18N2O3/c1-8-5-6-12(19-4)11(7-8)14(18)16-10(3)13(17)9(2)15/h5-7,10,15H,1-4H3,(H,16,18). The van der Waals surface area contributed by atoms with E-state index in [1.807, 2.05) is 13.0 Å². The molecule has 0 fully saturated rings. The van der Waals surface area contributed by atoms with E-state index in [1.54, 1.807) is 19.1 Å². The van der Waals surface area contributed by atoms with Gasteiger partial charge in [-0.1, -0.05) is 11.6 Å². The molecule has 0 aliphatic heterocycles. The van der Waals surface area contributed by atoms with Crippen LogP contribution in [0.3, 0.4) is 0 Å². The highest BCUT2D eigenvalue weighted by molar-refractivity contribution is 6.39. The Morgan fingerprint density at radius 2 is 2.00 bits per heavy atom. The van der Waals surface area contributed by atoms with E-state index in [1.165, 1.54) is 14.0 Å². The van der Waals surface area contributed by atoms with Gasteiger partial charge in [-0.25, -0.2) is 0 Å². The summed E-state index contributed by atoms with van der Waals surface area (Å²) in [4.78, 5) is 23.7. The van der Waals surface area contributed by atoms with Crippen LogP contribution in [-0.2, 0) is 4.79 Å². The topological polar surface area (TPSA) is 79.2 Å². The van der Waals surface area contributed by atoms with Crippen molar-refractivity contribution < 1.29 is 14.3 Å². The minimum absolute atomic E-state index is 0.0796. The van der Waals surface area contributed by atoms with Gasteiger partial charge in [0, 0.05) is 0 Å². The van der Waals surface area contributed by atoms with Gasteiger partial charge in [-0.3, -0.25) is 9.59 Å². The van der Waals surface area contributed by atoms with E-state index >= 15 is 0 Å². The zero-order valence-corrected chi connectivity index (χ0v) is 11.5. The summed E-state index contributed by atoms with van der Waals surface area (Å²) in [5.41, 5.74) is 1.22. The highest BCUT2D eigenvalue weighted by atomic mass is 16.5. The number of benzene rings is 1. The fraction of sp³-hybridized carbons (Fsp3) is 0.357. The lowest BCUT2D eigenvalue weighted by Crippen LogP contribution is -2.41. The molecule has 0 saturated carbocycles. The molecule has 0 aliphatic rings. The first kappa shape index (κ1) is 14.9. The molecule has 0 aromatic heterocycles. The molecule has 2 N–H and O–H groups in total. The van der Waals surface area contributed by atoms with Crippen LogP contribution in [0.5, 0.6) is 5.75 Å². The average Bonchev–Trinajstić information content (AvgIpc) is 2.37. The van der Waals surface area contributed by atoms with Crippen LogP contribution in [0.2, 0.25) is 0 Å². The van der Waals surface area contributed by atoms with E-state index < -0.39 is 11.8 Å². The maximum Gasteiger partial charge on any atom is 0.255 e. The van der Waals surface area contributed by atoms with Crippen LogP contribution >= 0.6 is 0 Å². The Morgan fingerprint density at radius 3 is 2.53 bits per heavy atom. The summed E-state index contributed by atoms with van der Waals surface area (Å²) < 4.78 is 5.12. The van der Waals surface area contributed by atoms with Crippen LogP contribution in [-0.4, -0.2) is 30.6 Å². The predicted octanol–water partition coefficient (Wildman–Crippen LogP) is 1.73. The molecule has 0 radical (unpaired) electrons. The van der Waals surface area contributed by atoms with Gasteiger partial charge in [0.2, 0.25) is 0 Å². The van der Waals surface area contributed by atoms with Crippen LogP contribution in [0.25, 0.3) is 0 Å². The number of aryl methyl sites for hydroxylation is 1. The van der Waals surface area contributed by atoms with Crippen molar-refractivity contribution in [3.8, 4) is 5.75 Å². The lowest BCUT2D eigenvalue weighted by molar-refractivity contribution is -0.114. The molecule has 102 valence electrons. The van der Waals surface area contributed by atoms with Crippen molar-refractivity contribution in [3.63, 3.8) is 0 Å². The Kier molecular flexibility index (Phi) is 4.80. The number of methoxy groups -OCH3 is 1. The molecule has 0 bridgehead atoms. The summed E-state index contributed by atoms with van der Waals surface area (Å²) in [7, 11) is 1.48. The Hall–Kier alpha value is -2.17. The van der Waals surface area contributed by atoms with Crippen molar-refractivity contribution in [3.05, 3.63) is 29.3 Å². The molecule has 1 unspecified atom stereocenters. The first-order valence-electron chi connectivity index (χ1n) is 5.91. The largest absolute Gasteiger partial charge is 0.496 e. The van der Waals surface area contributed by atoms with Crippen LogP contribution < -0.4 is 10.1 Å². The number of ether oxygens (including phenoxy) is 1. The van der Waals surface area contributed by atoms with Crippen molar-refractivity contribution in [1.29, 1.82) is 5.41 Å². The number of Topliss-reactive ketones (excluding diaryl/α,β-unsaturated/α-hetero) is 1. The number of hydrogen-bond donors (Lipinski definition) is 2. The van der Waals surface area contributed by atoms with Gasteiger partial charge in [-0.2, -0.15) is 0 Å². The van der Waals surface area contributed by atoms with Crippen molar-refractivity contribution >= 4 is 17.4 Å². The van der Waals surface area contributed by atoms with Crippen LogP contribution in [0.4, 0.5) is 0 Å². The van der Waals surface area contributed by atoms with Gasteiger partial charge in [0.25, 0.3) is 5.91 Å². The third-order valence-corrected chi connectivity index (χ3v) is 2.71. The number of carbonyl (C=O) groups is 2. The van der Waals surface area contributed by atoms with Gasteiger partial charge in [0.1, 0.15) is 5.75 Å². The Bertz CT molecular complexity index is 523. The summed E-state index contributed by atoms with van der Waals surface area (Å²) in [6, 6.07) is 4.52. The monoisotopic (exact) mass is 262 g/mol. The van der Waals surface area contributed by atoms with Crippen LogP contribution in [0, 0.1) is 12.3 Å². The summed E-state index contributed by atoms with van der Waals surface area (Å²) in [5, 5.41) is 9.84. The first-order valence-corrected chi connectivity index (χ1v) is 5.91. The van der Waals surface area contributed by atoms with E-state index in [4.69, 9.17) is 10.1 Å². The first-order chi connectivity index (χ1) is 8.86. The molecule has 0 aliphatic carbocycles. The molecule has 1 amide bonds. The molecule has 0 saturated heterocycles. The van der Waals surface area contributed by atoms with Gasteiger partial charge in [0.05, 0.1) is 24.4 Å². The number of nitrogens with one attached hydrogen (secondary N) is 2. The lowest BCUT2D eigenvalue weighted by atomic mass is 10.1. The molecule has 5 nitrogen and oxygen atoms in total. The van der Waals surface area contributed by atoms with Gasteiger partial charge >= 0.3 is 0 Å². The normalized spacial score (nSPS) is 11.6. The van der Waals surface area contributed by atoms with Crippen molar-refractivity contribution in [2.24, 2.45) is 0 Å². The van der Waals surface area contributed by atoms with Crippen molar-refractivity contribution in [2.75, 3.05) is 7.11 Å². The number of amides is 1. The third kappa shape index (κ3) is 3.64. The van der Waals surface area contributed by atoms with E-state index in [-0.39, 0.29) is 11.6 Å². The second kappa shape index (κ2) is 6.13. The fourth-order valence-electron chi connectivity index (χ4n) is 1.66. The summed E-state index contributed by atoms with van der Waals surface area (Å²) >= 11 is 0. The number of ketones is 1. The van der Waals surface area contributed by atoms with Crippen molar-refractivity contribution in [2.45, 2.75) is 26.8 Å². The fourth-order valence-corrected chi connectivity index (χ4v) is 1.66. The molecule has 5 heteroatoms. The maximum absolute atomic E-state index is 12.1. The summed E-state index contributed by atoms with van der Waals surface area (Å²) in [6.45, 7) is 4.82. The maximum atomic E-state index is 12.1. The van der Waals surface area contributed by atoms with Gasteiger partial charge in [-0.05, 0) is 32.9 Å². The lowest BCUT2D eigenvalue weighted by Gasteiger charge is -2.14. The predicted molar refractivity (Wildman–Crippen MR) is 73.1 cm³/mol. The van der Waals surface area contributed by atoms with Gasteiger partial charge < -0.3 is 15.5 Å². The molecule has 1 aromatic carbocycles. The molecule has 0 heterocycles. The molecule has 1 aromatic rings. The van der Waals surface area contributed by atoms with E-state index in [0.29, 0.717) is 11.3 Å². The number of hydrogen-bond acceptors (Lipinski definition) is 4. The van der Waals surface area contributed by atoms with Gasteiger partial charge in [0.15, 0.2) is 5.78 Å². The second-order valence-corrected chi connectivity index (χ2v) is 4.39. The Balaban J connectivity index is 2.92. The zero-order chi connectivity index (χ0) is 14.6. The van der Waals surface area contributed by atoms with Crippen LogP contribution in [0.15, 0.2) is 18.2 Å². The minimum Gasteiger partial charge on any atom is -0.496 e. The average molecular weight is 262 g/mol.